The smallest absolute Gasteiger partial charge is 0.119 e. The topological polar surface area (TPSA) is 43.5 Å². The highest BCUT2D eigenvalue weighted by Gasteiger charge is 2.41. The summed E-state index contributed by atoms with van der Waals surface area (Å²) in [5.74, 6) is 1.79. The van der Waals surface area contributed by atoms with Crippen molar-refractivity contribution in [3.05, 3.63) is 95.1 Å². The lowest BCUT2D eigenvalue weighted by atomic mass is 9.70. The molecule has 2 heterocycles. The van der Waals surface area contributed by atoms with Crippen LogP contribution in [0.2, 0.25) is 0 Å². The van der Waals surface area contributed by atoms with Gasteiger partial charge in [0, 0.05) is 5.41 Å². The molecule has 2 atom stereocenters. The van der Waals surface area contributed by atoms with E-state index in [4.69, 9.17) is 18.9 Å². The molecule has 2 aliphatic heterocycles. The third-order valence-electron chi connectivity index (χ3n) is 6.62. The first-order valence-corrected chi connectivity index (χ1v) is 11.1. The fraction of sp³-hybridized carbons (Fsp3) is 0.333. The Morgan fingerprint density at radius 1 is 0.710 bits per heavy atom. The van der Waals surface area contributed by atoms with Gasteiger partial charge in [0.25, 0.3) is 0 Å². The second-order valence-corrected chi connectivity index (χ2v) is 8.64. The predicted octanol–water partition coefficient (Wildman–Crippen LogP) is 4.52. The van der Waals surface area contributed by atoms with Crippen LogP contribution in [0, 0.1) is 0 Å². The molecule has 31 heavy (non-hydrogen) atoms. The molecular weight excluding hydrogens is 388 g/mol. The average Bonchev–Trinajstić information content (AvgIpc) is 3.76. The van der Waals surface area contributed by atoms with E-state index >= 15 is 0 Å². The lowest BCUT2D eigenvalue weighted by Gasteiger charge is -2.32. The predicted molar refractivity (Wildman–Crippen MR) is 118 cm³/mol. The van der Waals surface area contributed by atoms with Crippen LogP contribution in [0.25, 0.3) is 0 Å². The molecule has 4 nitrogen and oxygen atoms in total. The van der Waals surface area contributed by atoms with E-state index in [-0.39, 0.29) is 17.6 Å². The first-order valence-electron chi connectivity index (χ1n) is 11.1. The summed E-state index contributed by atoms with van der Waals surface area (Å²) in [5, 5.41) is 0. The molecule has 4 heteroatoms. The molecule has 158 valence electrons. The second-order valence-electron chi connectivity index (χ2n) is 8.64. The molecule has 0 amide bonds. The molecule has 0 N–H and O–H groups in total. The lowest BCUT2D eigenvalue weighted by Crippen LogP contribution is -2.26. The minimum absolute atomic E-state index is 0.160. The van der Waals surface area contributed by atoms with Crippen molar-refractivity contribution in [1.82, 2.24) is 0 Å². The van der Waals surface area contributed by atoms with Gasteiger partial charge < -0.3 is 18.9 Å². The summed E-state index contributed by atoms with van der Waals surface area (Å²) in [7, 11) is 0. The monoisotopic (exact) mass is 414 g/mol. The fourth-order valence-electron chi connectivity index (χ4n) is 4.76. The molecule has 0 radical (unpaired) electrons. The van der Waals surface area contributed by atoms with E-state index in [1.807, 2.05) is 0 Å². The van der Waals surface area contributed by atoms with Gasteiger partial charge >= 0.3 is 0 Å². The Morgan fingerprint density at radius 3 is 1.74 bits per heavy atom. The zero-order chi connectivity index (χ0) is 20.7. The van der Waals surface area contributed by atoms with Crippen LogP contribution in [0.1, 0.15) is 28.7 Å². The first kappa shape index (κ1) is 18.9. The summed E-state index contributed by atoms with van der Waals surface area (Å²) < 4.78 is 22.2. The highest BCUT2D eigenvalue weighted by molar-refractivity contribution is 5.57. The number of hydrogen-bond acceptors (Lipinski definition) is 4. The van der Waals surface area contributed by atoms with Gasteiger partial charge in [-0.05, 0) is 59.4 Å². The molecule has 0 bridgehead atoms. The first-order chi connectivity index (χ1) is 15.3. The molecule has 6 rings (SSSR count). The van der Waals surface area contributed by atoms with Crippen LogP contribution >= 0.6 is 0 Å². The maximum absolute atomic E-state index is 5.87. The van der Waals surface area contributed by atoms with Crippen LogP contribution in [-0.4, -0.2) is 38.6 Å². The number of benzene rings is 3. The minimum atomic E-state index is -0.160. The van der Waals surface area contributed by atoms with Gasteiger partial charge in [0.05, 0.1) is 13.2 Å². The van der Waals surface area contributed by atoms with Gasteiger partial charge in [-0.15, -0.1) is 0 Å². The Hall–Kier alpha value is -2.82. The fourth-order valence-corrected chi connectivity index (χ4v) is 4.76. The van der Waals surface area contributed by atoms with Crippen molar-refractivity contribution < 1.29 is 18.9 Å². The summed E-state index contributed by atoms with van der Waals surface area (Å²) in [5.41, 5.74) is 5.27. The normalized spacial score (nSPS) is 25.7. The van der Waals surface area contributed by atoms with E-state index in [1.165, 1.54) is 22.3 Å². The summed E-state index contributed by atoms with van der Waals surface area (Å²) in [6.45, 7) is 2.87. The molecule has 3 aromatic rings. The van der Waals surface area contributed by atoms with Crippen LogP contribution in [-0.2, 0) is 21.3 Å². The number of hydrogen-bond donors (Lipinski definition) is 0. The largest absolute Gasteiger partial charge is 0.491 e. The van der Waals surface area contributed by atoms with Crippen LogP contribution in [0.5, 0.6) is 11.5 Å². The van der Waals surface area contributed by atoms with Gasteiger partial charge in [0.2, 0.25) is 0 Å². The van der Waals surface area contributed by atoms with Crippen molar-refractivity contribution in [3.8, 4) is 11.5 Å². The number of rotatable bonds is 8. The van der Waals surface area contributed by atoms with Crippen LogP contribution in [0.3, 0.4) is 0 Å². The number of aryl methyl sites for hydroxylation is 1. The third kappa shape index (κ3) is 3.71. The molecule has 2 fully saturated rings. The Bertz CT molecular complexity index is 990. The van der Waals surface area contributed by atoms with Crippen LogP contribution < -0.4 is 9.47 Å². The molecule has 0 aromatic heterocycles. The standard InChI is InChI=1S/C27H26O4/c1-2-4-26-19(3-1)13-14-27(26,20-5-9-22(10-6-20)28-15-24-17-30-24)21-7-11-23(12-8-21)29-16-25-18-31-25/h1-12,24-25H,13-18H2. The van der Waals surface area contributed by atoms with Crippen molar-refractivity contribution in [2.75, 3.05) is 26.4 Å². The van der Waals surface area contributed by atoms with E-state index in [1.54, 1.807) is 0 Å². The zero-order valence-electron chi connectivity index (χ0n) is 17.5. The molecule has 0 spiro atoms. The van der Waals surface area contributed by atoms with Crippen molar-refractivity contribution in [2.24, 2.45) is 0 Å². The van der Waals surface area contributed by atoms with Gasteiger partial charge in [-0.2, -0.15) is 0 Å². The van der Waals surface area contributed by atoms with Crippen molar-refractivity contribution in [2.45, 2.75) is 30.5 Å². The molecule has 3 aromatic carbocycles. The quantitative estimate of drug-likeness (QED) is 0.508. The van der Waals surface area contributed by atoms with E-state index in [9.17, 15) is 0 Å². The lowest BCUT2D eigenvalue weighted by molar-refractivity contribution is 0.263. The minimum Gasteiger partial charge on any atom is -0.491 e. The van der Waals surface area contributed by atoms with E-state index in [0.717, 1.165) is 37.6 Å². The molecule has 1 aliphatic carbocycles. The van der Waals surface area contributed by atoms with E-state index in [0.29, 0.717) is 13.2 Å². The number of ether oxygens (including phenoxy) is 4. The summed E-state index contributed by atoms with van der Waals surface area (Å²) in [6.07, 6.45) is 2.66. The van der Waals surface area contributed by atoms with E-state index in [2.05, 4.69) is 72.8 Å². The van der Waals surface area contributed by atoms with Gasteiger partial charge in [0.1, 0.15) is 36.9 Å². The van der Waals surface area contributed by atoms with Crippen molar-refractivity contribution in [1.29, 1.82) is 0 Å². The SMILES string of the molecule is c1ccc2c(c1)CCC2(c1ccc(OCC2CO2)cc1)c1ccc(OCC2CO2)cc1. The Labute approximate surface area is 182 Å². The molecule has 2 saturated heterocycles. The molecule has 0 saturated carbocycles. The third-order valence-corrected chi connectivity index (χ3v) is 6.62. The average molecular weight is 415 g/mol. The number of fused-ring (bicyclic) bond motifs is 1. The van der Waals surface area contributed by atoms with Gasteiger partial charge in [-0.1, -0.05) is 48.5 Å². The van der Waals surface area contributed by atoms with Gasteiger partial charge in [0.15, 0.2) is 0 Å². The molecule has 3 aliphatic rings. The second kappa shape index (κ2) is 7.70. The summed E-state index contributed by atoms with van der Waals surface area (Å²) in [6, 6.07) is 26.1. The Balaban J connectivity index is 1.34. The van der Waals surface area contributed by atoms with Gasteiger partial charge in [-0.25, -0.2) is 0 Å². The zero-order valence-corrected chi connectivity index (χ0v) is 17.5. The van der Waals surface area contributed by atoms with Crippen molar-refractivity contribution >= 4 is 0 Å². The van der Waals surface area contributed by atoms with Crippen LogP contribution in [0.4, 0.5) is 0 Å². The van der Waals surface area contributed by atoms with E-state index < -0.39 is 0 Å². The Morgan fingerprint density at radius 2 is 1.23 bits per heavy atom. The number of epoxide rings is 2. The highest BCUT2D eigenvalue weighted by Crippen LogP contribution is 2.49. The highest BCUT2D eigenvalue weighted by atomic mass is 16.6. The maximum atomic E-state index is 5.87. The Kier molecular flexibility index (Phi) is 4.70. The van der Waals surface area contributed by atoms with Crippen LogP contribution in [0.15, 0.2) is 72.8 Å². The molecule has 2 unspecified atom stereocenters. The van der Waals surface area contributed by atoms with Gasteiger partial charge in [-0.3, -0.25) is 0 Å². The summed E-state index contributed by atoms with van der Waals surface area (Å²) >= 11 is 0. The van der Waals surface area contributed by atoms with Crippen molar-refractivity contribution in [3.63, 3.8) is 0 Å². The molecular formula is C27H26O4. The maximum Gasteiger partial charge on any atom is 0.119 e. The summed E-state index contributed by atoms with van der Waals surface area (Å²) in [4.78, 5) is 0.